The quantitative estimate of drug-likeness (QED) is 0.739. The molecule has 3 heteroatoms. The Hall–Kier alpha value is -0.990. The van der Waals surface area contributed by atoms with Crippen molar-refractivity contribution in [3.8, 4) is 5.75 Å². The van der Waals surface area contributed by atoms with Crippen LogP contribution in [0.1, 0.15) is 11.1 Å². The van der Waals surface area contributed by atoms with Crippen LogP contribution in [-0.4, -0.2) is 0 Å². The molecule has 17 heavy (non-hydrogen) atoms. The normalized spacial score (nSPS) is 10.2. The van der Waals surface area contributed by atoms with Crippen molar-refractivity contribution in [2.75, 3.05) is 0 Å². The maximum absolute atomic E-state index is 5.78. The maximum Gasteiger partial charge on any atom is 0.120 e. The number of rotatable bonds is 4. The van der Waals surface area contributed by atoms with E-state index in [0.717, 1.165) is 21.3 Å². The summed E-state index contributed by atoms with van der Waals surface area (Å²) in [5, 5.41) is 0. The number of halogens is 2. The molecule has 0 aromatic heterocycles. The van der Waals surface area contributed by atoms with Gasteiger partial charge in [-0.05, 0) is 23.8 Å². The monoisotopic (exact) mass is 310 g/mol. The van der Waals surface area contributed by atoms with E-state index in [0.29, 0.717) is 12.5 Å². The Morgan fingerprint density at radius 2 is 1.88 bits per heavy atom. The molecule has 0 radical (unpaired) electrons. The number of benzene rings is 2. The Labute approximate surface area is 115 Å². The highest BCUT2D eigenvalue weighted by molar-refractivity contribution is 9.10. The van der Waals surface area contributed by atoms with Gasteiger partial charge in [-0.3, -0.25) is 0 Å². The molecule has 0 atom stereocenters. The molecule has 0 spiro atoms. The number of hydrogen-bond donors (Lipinski definition) is 0. The van der Waals surface area contributed by atoms with E-state index in [1.807, 2.05) is 48.5 Å². The smallest absolute Gasteiger partial charge is 0.120 e. The molecular weight excluding hydrogens is 300 g/mol. The van der Waals surface area contributed by atoms with Crippen molar-refractivity contribution in [2.45, 2.75) is 12.5 Å². The average molecular weight is 312 g/mol. The van der Waals surface area contributed by atoms with Gasteiger partial charge < -0.3 is 4.74 Å². The van der Waals surface area contributed by atoms with Gasteiger partial charge in [0.25, 0.3) is 0 Å². The Morgan fingerprint density at radius 3 is 2.65 bits per heavy atom. The molecule has 1 nitrogen and oxygen atoms in total. The standard InChI is InChI=1S/C14H12BrClO/c15-14-7-2-1-5-12(14)10-17-13-6-3-4-11(8-13)9-16/h1-8H,9-10H2. The lowest BCUT2D eigenvalue weighted by atomic mass is 10.2. The molecule has 0 amide bonds. The molecule has 0 aliphatic heterocycles. The molecule has 2 aromatic carbocycles. The summed E-state index contributed by atoms with van der Waals surface area (Å²) in [6.45, 7) is 0.549. The lowest BCUT2D eigenvalue weighted by Gasteiger charge is -2.08. The summed E-state index contributed by atoms with van der Waals surface area (Å²) in [6.07, 6.45) is 0. The lowest BCUT2D eigenvalue weighted by molar-refractivity contribution is 0.305. The van der Waals surface area contributed by atoms with Crippen molar-refractivity contribution in [1.29, 1.82) is 0 Å². The van der Waals surface area contributed by atoms with Crippen LogP contribution < -0.4 is 4.74 Å². The Balaban J connectivity index is 2.05. The topological polar surface area (TPSA) is 9.23 Å². The summed E-state index contributed by atoms with van der Waals surface area (Å²) in [6, 6.07) is 15.9. The van der Waals surface area contributed by atoms with E-state index in [2.05, 4.69) is 15.9 Å². The highest BCUT2D eigenvalue weighted by atomic mass is 79.9. The summed E-state index contributed by atoms with van der Waals surface area (Å²) < 4.78 is 6.79. The summed E-state index contributed by atoms with van der Waals surface area (Å²) in [7, 11) is 0. The van der Waals surface area contributed by atoms with Crippen molar-refractivity contribution in [3.63, 3.8) is 0 Å². The predicted molar refractivity (Wildman–Crippen MR) is 74.5 cm³/mol. The Kier molecular flexibility index (Phi) is 4.46. The van der Waals surface area contributed by atoms with Gasteiger partial charge in [0, 0.05) is 15.9 Å². The fourth-order valence-corrected chi connectivity index (χ4v) is 2.06. The van der Waals surface area contributed by atoms with Crippen LogP contribution in [0.15, 0.2) is 53.0 Å². The van der Waals surface area contributed by atoms with Crippen molar-refractivity contribution >= 4 is 27.5 Å². The second kappa shape index (κ2) is 6.08. The molecule has 0 aliphatic rings. The van der Waals surface area contributed by atoms with Crippen LogP contribution in [0.3, 0.4) is 0 Å². The molecule has 0 saturated carbocycles. The molecule has 0 unspecified atom stereocenters. The third-order valence-electron chi connectivity index (χ3n) is 2.40. The van der Waals surface area contributed by atoms with Gasteiger partial charge in [-0.2, -0.15) is 0 Å². The molecule has 0 saturated heterocycles. The lowest BCUT2D eigenvalue weighted by Crippen LogP contribution is -1.96. The summed E-state index contributed by atoms with van der Waals surface area (Å²) in [4.78, 5) is 0. The van der Waals surface area contributed by atoms with Crippen LogP contribution in [0.25, 0.3) is 0 Å². The molecular formula is C14H12BrClO. The first-order valence-corrected chi connectivity index (χ1v) is 6.63. The van der Waals surface area contributed by atoms with Crippen LogP contribution in [0.2, 0.25) is 0 Å². The Morgan fingerprint density at radius 1 is 1.06 bits per heavy atom. The van der Waals surface area contributed by atoms with Crippen molar-refractivity contribution in [1.82, 2.24) is 0 Å². The van der Waals surface area contributed by atoms with Crippen molar-refractivity contribution < 1.29 is 4.74 Å². The second-order valence-electron chi connectivity index (χ2n) is 3.66. The second-order valence-corrected chi connectivity index (χ2v) is 4.78. The molecule has 88 valence electrons. The zero-order valence-electron chi connectivity index (χ0n) is 9.20. The highest BCUT2D eigenvalue weighted by Gasteiger charge is 2.00. The van der Waals surface area contributed by atoms with Gasteiger partial charge in [-0.15, -0.1) is 11.6 Å². The number of ether oxygens (including phenoxy) is 1. The third kappa shape index (κ3) is 3.48. The van der Waals surface area contributed by atoms with Gasteiger partial charge in [0.15, 0.2) is 0 Å². The first-order valence-electron chi connectivity index (χ1n) is 5.30. The zero-order valence-corrected chi connectivity index (χ0v) is 11.5. The molecule has 0 aliphatic carbocycles. The molecule has 0 fully saturated rings. The van der Waals surface area contributed by atoms with Crippen LogP contribution in [0.4, 0.5) is 0 Å². The van der Waals surface area contributed by atoms with Gasteiger partial charge in [-0.25, -0.2) is 0 Å². The minimum Gasteiger partial charge on any atom is -0.489 e. The molecule has 2 aromatic rings. The molecule has 0 heterocycles. The number of alkyl halides is 1. The van der Waals surface area contributed by atoms with Gasteiger partial charge in [-0.1, -0.05) is 46.3 Å². The van der Waals surface area contributed by atoms with Gasteiger partial charge in [0.05, 0.1) is 0 Å². The molecule has 0 N–H and O–H groups in total. The van der Waals surface area contributed by atoms with E-state index in [-0.39, 0.29) is 0 Å². The van der Waals surface area contributed by atoms with E-state index < -0.39 is 0 Å². The summed E-state index contributed by atoms with van der Waals surface area (Å²) in [5.74, 6) is 1.35. The number of hydrogen-bond acceptors (Lipinski definition) is 1. The SMILES string of the molecule is ClCc1cccc(OCc2ccccc2Br)c1. The average Bonchev–Trinajstić information content (AvgIpc) is 2.38. The largest absolute Gasteiger partial charge is 0.489 e. The molecule has 2 rings (SSSR count). The fourth-order valence-electron chi connectivity index (χ4n) is 1.49. The van der Waals surface area contributed by atoms with Crippen LogP contribution in [0.5, 0.6) is 5.75 Å². The van der Waals surface area contributed by atoms with Gasteiger partial charge in [0.2, 0.25) is 0 Å². The minimum atomic E-state index is 0.506. The first-order chi connectivity index (χ1) is 8.29. The zero-order chi connectivity index (χ0) is 12.1. The molecule has 0 bridgehead atoms. The third-order valence-corrected chi connectivity index (χ3v) is 3.49. The minimum absolute atomic E-state index is 0.506. The summed E-state index contributed by atoms with van der Waals surface area (Å²) in [5.41, 5.74) is 2.19. The van der Waals surface area contributed by atoms with Gasteiger partial charge >= 0.3 is 0 Å². The maximum atomic E-state index is 5.78. The van der Waals surface area contributed by atoms with E-state index in [1.165, 1.54) is 0 Å². The van der Waals surface area contributed by atoms with Gasteiger partial charge in [0.1, 0.15) is 12.4 Å². The van der Waals surface area contributed by atoms with Crippen LogP contribution in [0, 0.1) is 0 Å². The van der Waals surface area contributed by atoms with E-state index >= 15 is 0 Å². The van der Waals surface area contributed by atoms with Crippen LogP contribution >= 0.6 is 27.5 Å². The fraction of sp³-hybridized carbons (Fsp3) is 0.143. The highest BCUT2D eigenvalue weighted by Crippen LogP contribution is 2.20. The van der Waals surface area contributed by atoms with Crippen molar-refractivity contribution in [3.05, 3.63) is 64.1 Å². The summed E-state index contributed by atoms with van der Waals surface area (Å²) >= 11 is 9.28. The first kappa shape index (κ1) is 12.5. The van der Waals surface area contributed by atoms with Crippen LogP contribution in [-0.2, 0) is 12.5 Å². The van der Waals surface area contributed by atoms with E-state index in [9.17, 15) is 0 Å². The predicted octanol–water partition coefficient (Wildman–Crippen LogP) is 4.77. The van der Waals surface area contributed by atoms with E-state index in [1.54, 1.807) is 0 Å². The van der Waals surface area contributed by atoms with E-state index in [4.69, 9.17) is 16.3 Å². The Bertz CT molecular complexity index is 499. The van der Waals surface area contributed by atoms with Crippen molar-refractivity contribution in [2.24, 2.45) is 0 Å².